The van der Waals surface area contributed by atoms with E-state index in [4.69, 9.17) is 5.73 Å². The maximum Gasteiger partial charge on any atom is 0.245 e. The van der Waals surface area contributed by atoms with Crippen molar-refractivity contribution in [1.82, 2.24) is 10.2 Å². The Balaban J connectivity index is 1.89. The van der Waals surface area contributed by atoms with E-state index in [0.717, 1.165) is 45.1 Å². The third-order valence-electron chi connectivity index (χ3n) is 5.24. The van der Waals surface area contributed by atoms with Crippen LogP contribution < -0.4 is 11.1 Å². The van der Waals surface area contributed by atoms with Crippen LogP contribution in [-0.2, 0) is 9.59 Å². The molecule has 2 unspecified atom stereocenters. The van der Waals surface area contributed by atoms with Crippen molar-refractivity contribution in [2.45, 2.75) is 70.9 Å². The van der Waals surface area contributed by atoms with E-state index in [-0.39, 0.29) is 23.8 Å². The molecule has 0 aromatic rings. The second-order valence-electron chi connectivity index (χ2n) is 7.12. The zero-order chi connectivity index (χ0) is 16.1. The van der Waals surface area contributed by atoms with Crippen molar-refractivity contribution in [3.8, 4) is 0 Å². The summed E-state index contributed by atoms with van der Waals surface area (Å²) in [7, 11) is 0. The number of nitrogens with two attached hydrogens (primary N) is 1. The van der Waals surface area contributed by atoms with Gasteiger partial charge in [-0.25, -0.2) is 0 Å². The summed E-state index contributed by atoms with van der Waals surface area (Å²) in [6.07, 6.45) is 7.37. The van der Waals surface area contributed by atoms with Gasteiger partial charge in [-0.15, -0.1) is 0 Å². The summed E-state index contributed by atoms with van der Waals surface area (Å²) in [6, 6.07) is -0.331. The van der Waals surface area contributed by atoms with Crippen molar-refractivity contribution in [3.05, 3.63) is 0 Å². The standard InChI is InChI=1S/C17H31N3O2/c1-12-8-9-20(15(10-12)11-18)17(22)13(2)19-16(21)14-6-4-3-5-7-14/h12-15H,3-11,18H2,1-2H3,(H,19,21)/t12?,13-,15?/m0/s1. The fourth-order valence-electron chi connectivity index (χ4n) is 3.77. The van der Waals surface area contributed by atoms with Gasteiger partial charge in [0.15, 0.2) is 0 Å². The first-order chi connectivity index (χ1) is 10.5. The number of piperidine rings is 1. The van der Waals surface area contributed by atoms with Gasteiger partial charge in [-0.2, -0.15) is 0 Å². The average Bonchev–Trinajstić information content (AvgIpc) is 2.54. The fourth-order valence-corrected chi connectivity index (χ4v) is 3.77. The normalized spacial score (nSPS) is 28.2. The molecule has 1 aliphatic carbocycles. The molecule has 1 heterocycles. The lowest BCUT2D eigenvalue weighted by Crippen LogP contribution is -2.55. The van der Waals surface area contributed by atoms with Crippen molar-refractivity contribution in [1.29, 1.82) is 0 Å². The number of rotatable bonds is 4. The third-order valence-corrected chi connectivity index (χ3v) is 5.24. The first-order valence-corrected chi connectivity index (χ1v) is 8.83. The first kappa shape index (κ1) is 17.3. The van der Waals surface area contributed by atoms with Crippen LogP contribution in [0, 0.1) is 11.8 Å². The quantitative estimate of drug-likeness (QED) is 0.829. The lowest BCUT2D eigenvalue weighted by Gasteiger charge is -2.39. The predicted molar refractivity (Wildman–Crippen MR) is 87.1 cm³/mol. The lowest BCUT2D eigenvalue weighted by atomic mass is 9.88. The van der Waals surface area contributed by atoms with Crippen LogP contribution >= 0.6 is 0 Å². The summed E-state index contributed by atoms with van der Waals surface area (Å²) in [5, 5.41) is 2.93. The maximum atomic E-state index is 12.6. The van der Waals surface area contributed by atoms with Crippen molar-refractivity contribution >= 4 is 11.8 Å². The summed E-state index contributed by atoms with van der Waals surface area (Å²) < 4.78 is 0. The molecule has 0 spiro atoms. The number of hydrogen-bond donors (Lipinski definition) is 2. The zero-order valence-electron chi connectivity index (χ0n) is 14.0. The summed E-state index contributed by atoms with van der Waals surface area (Å²) in [6.45, 7) is 5.26. The van der Waals surface area contributed by atoms with Crippen molar-refractivity contribution in [3.63, 3.8) is 0 Å². The molecule has 1 saturated heterocycles. The molecule has 1 saturated carbocycles. The Kier molecular flexibility index (Phi) is 6.24. The second kappa shape index (κ2) is 7.95. The van der Waals surface area contributed by atoms with Crippen LogP contribution in [0.5, 0.6) is 0 Å². The summed E-state index contributed by atoms with van der Waals surface area (Å²) in [5.74, 6) is 0.780. The topological polar surface area (TPSA) is 75.4 Å². The Bertz CT molecular complexity index is 393. The number of hydrogen-bond acceptors (Lipinski definition) is 3. The lowest BCUT2D eigenvalue weighted by molar-refractivity contribution is -0.140. The Morgan fingerprint density at radius 1 is 1.23 bits per heavy atom. The molecule has 5 nitrogen and oxygen atoms in total. The van der Waals surface area contributed by atoms with Gasteiger partial charge < -0.3 is 16.0 Å². The minimum atomic E-state index is -0.447. The fraction of sp³-hybridized carbons (Fsp3) is 0.882. The highest BCUT2D eigenvalue weighted by molar-refractivity contribution is 5.88. The van der Waals surface area contributed by atoms with Gasteiger partial charge in [-0.05, 0) is 38.5 Å². The van der Waals surface area contributed by atoms with Gasteiger partial charge in [-0.1, -0.05) is 26.2 Å². The monoisotopic (exact) mass is 309 g/mol. The summed E-state index contributed by atoms with van der Waals surface area (Å²) in [4.78, 5) is 26.8. The minimum absolute atomic E-state index is 0.0199. The smallest absolute Gasteiger partial charge is 0.245 e. The molecule has 2 fully saturated rings. The molecular weight excluding hydrogens is 278 g/mol. The predicted octanol–water partition coefficient (Wildman–Crippen LogP) is 1.66. The second-order valence-corrected chi connectivity index (χ2v) is 7.12. The van der Waals surface area contributed by atoms with Crippen LogP contribution in [0.2, 0.25) is 0 Å². The van der Waals surface area contributed by atoms with E-state index in [1.54, 1.807) is 6.92 Å². The average molecular weight is 309 g/mol. The van der Waals surface area contributed by atoms with Crippen LogP contribution in [0.1, 0.15) is 58.8 Å². The molecule has 22 heavy (non-hydrogen) atoms. The molecule has 0 radical (unpaired) electrons. The van der Waals surface area contributed by atoms with E-state index in [1.807, 2.05) is 4.90 Å². The number of nitrogens with one attached hydrogen (secondary N) is 1. The van der Waals surface area contributed by atoms with E-state index in [2.05, 4.69) is 12.2 Å². The van der Waals surface area contributed by atoms with E-state index in [0.29, 0.717) is 12.5 Å². The number of likely N-dealkylation sites (tertiary alicyclic amines) is 1. The van der Waals surface area contributed by atoms with Gasteiger partial charge in [0, 0.05) is 25.0 Å². The van der Waals surface area contributed by atoms with Gasteiger partial charge in [0.25, 0.3) is 0 Å². The molecular formula is C17H31N3O2. The van der Waals surface area contributed by atoms with E-state index in [9.17, 15) is 9.59 Å². The Morgan fingerprint density at radius 2 is 1.91 bits per heavy atom. The summed E-state index contributed by atoms with van der Waals surface area (Å²) in [5.41, 5.74) is 5.83. The van der Waals surface area contributed by atoms with Crippen LogP contribution in [0.4, 0.5) is 0 Å². The van der Waals surface area contributed by atoms with Gasteiger partial charge >= 0.3 is 0 Å². The largest absolute Gasteiger partial charge is 0.344 e. The number of carbonyl (C=O) groups excluding carboxylic acids is 2. The van der Waals surface area contributed by atoms with Gasteiger partial charge in [-0.3, -0.25) is 9.59 Å². The molecule has 2 aliphatic rings. The molecule has 2 rings (SSSR count). The van der Waals surface area contributed by atoms with E-state index >= 15 is 0 Å². The van der Waals surface area contributed by atoms with Crippen molar-refractivity contribution < 1.29 is 9.59 Å². The molecule has 0 aromatic heterocycles. The number of amides is 2. The third kappa shape index (κ3) is 4.22. The molecule has 1 aliphatic heterocycles. The molecule has 5 heteroatoms. The van der Waals surface area contributed by atoms with Crippen molar-refractivity contribution in [2.75, 3.05) is 13.1 Å². The maximum absolute atomic E-state index is 12.6. The molecule has 3 atom stereocenters. The highest BCUT2D eigenvalue weighted by atomic mass is 16.2. The number of carbonyl (C=O) groups is 2. The highest BCUT2D eigenvalue weighted by Gasteiger charge is 2.32. The molecule has 0 aromatic carbocycles. The SMILES string of the molecule is CC1CCN(C(=O)[C@H](C)NC(=O)C2CCCCC2)C(CN)C1. The van der Waals surface area contributed by atoms with Crippen LogP contribution in [-0.4, -0.2) is 41.9 Å². The van der Waals surface area contributed by atoms with E-state index in [1.165, 1.54) is 6.42 Å². The Labute approximate surface area is 134 Å². The van der Waals surface area contributed by atoms with Gasteiger partial charge in [0.1, 0.15) is 6.04 Å². The minimum Gasteiger partial charge on any atom is -0.344 e. The van der Waals surface area contributed by atoms with Crippen LogP contribution in [0.25, 0.3) is 0 Å². The zero-order valence-corrected chi connectivity index (χ0v) is 14.0. The van der Waals surface area contributed by atoms with Crippen molar-refractivity contribution in [2.24, 2.45) is 17.6 Å². The van der Waals surface area contributed by atoms with Crippen LogP contribution in [0.3, 0.4) is 0 Å². The molecule has 2 amide bonds. The number of nitrogens with zero attached hydrogens (tertiary/aromatic N) is 1. The Hall–Kier alpha value is -1.10. The van der Waals surface area contributed by atoms with Gasteiger partial charge in [0.05, 0.1) is 0 Å². The molecule has 3 N–H and O–H groups in total. The first-order valence-electron chi connectivity index (χ1n) is 8.83. The van der Waals surface area contributed by atoms with Gasteiger partial charge in [0.2, 0.25) is 11.8 Å². The van der Waals surface area contributed by atoms with E-state index < -0.39 is 6.04 Å². The summed E-state index contributed by atoms with van der Waals surface area (Å²) >= 11 is 0. The molecule has 126 valence electrons. The van der Waals surface area contributed by atoms with Crippen LogP contribution in [0.15, 0.2) is 0 Å². The highest BCUT2D eigenvalue weighted by Crippen LogP contribution is 2.25. The molecule has 0 bridgehead atoms. The Morgan fingerprint density at radius 3 is 2.55 bits per heavy atom.